The second-order valence-electron chi connectivity index (χ2n) is 6.32. The molecule has 2 fully saturated rings. The molecule has 0 aliphatic carbocycles. The SMILES string of the molecule is C=C/C=C\C=C(/C=C)CN1CCCC12CCN(C(C)=O)CC2. The predicted octanol–water partition coefficient (Wildman–Crippen LogP) is 3.32. The first kappa shape index (κ1) is 16.8. The number of likely N-dealkylation sites (tertiary alicyclic amines) is 2. The normalized spacial score (nSPS) is 22.4. The number of carbonyl (C=O) groups is 1. The predicted molar refractivity (Wildman–Crippen MR) is 92.6 cm³/mol. The summed E-state index contributed by atoms with van der Waals surface area (Å²) in [5.74, 6) is 0.209. The van der Waals surface area contributed by atoms with Gasteiger partial charge in [-0.1, -0.05) is 43.5 Å². The maximum Gasteiger partial charge on any atom is 0.219 e. The summed E-state index contributed by atoms with van der Waals surface area (Å²) in [5.41, 5.74) is 1.53. The molecule has 0 unspecified atom stereocenters. The summed E-state index contributed by atoms with van der Waals surface area (Å²) in [6.45, 7) is 13.2. The Morgan fingerprint density at radius 1 is 1.14 bits per heavy atom. The third-order valence-electron chi connectivity index (χ3n) is 5.07. The van der Waals surface area contributed by atoms with Crippen LogP contribution < -0.4 is 0 Å². The van der Waals surface area contributed by atoms with E-state index in [9.17, 15) is 4.79 Å². The van der Waals surface area contributed by atoms with Crippen LogP contribution in [0, 0.1) is 0 Å². The van der Waals surface area contributed by atoms with Crippen LogP contribution in [-0.2, 0) is 4.79 Å². The number of piperidine rings is 1. The minimum absolute atomic E-state index is 0.209. The standard InChI is InChI=1S/C19H28N2O/c1-4-6-7-9-18(5-2)16-21-13-8-10-19(21)11-14-20(15-12-19)17(3)22/h4-7,9H,1-2,8,10-16H2,3H3/b7-6-,18-9+. The molecule has 120 valence electrons. The van der Waals surface area contributed by atoms with Gasteiger partial charge in [0.05, 0.1) is 0 Å². The lowest BCUT2D eigenvalue weighted by atomic mass is 9.84. The summed E-state index contributed by atoms with van der Waals surface area (Å²) in [6, 6.07) is 0. The largest absolute Gasteiger partial charge is 0.343 e. The van der Waals surface area contributed by atoms with Crippen LogP contribution in [0.3, 0.4) is 0 Å². The van der Waals surface area contributed by atoms with Gasteiger partial charge in [-0.2, -0.15) is 0 Å². The molecule has 0 N–H and O–H groups in total. The zero-order valence-corrected chi connectivity index (χ0v) is 13.8. The van der Waals surface area contributed by atoms with Crippen molar-refractivity contribution < 1.29 is 4.79 Å². The van der Waals surface area contributed by atoms with E-state index in [0.717, 1.165) is 39.0 Å². The van der Waals surface area contributed by atoms with Gasteiger partial charge in [0.25, 0.3) is 0 Å². The third-order valence-corrected chi connectivity index (χ3v) is 5.07. The van der Waals surface area contributed by atoms with Crippen molar-refractivity contribution in [3.63, 3.8) is 0 Å². The lowest BCUT2D eigenvalue weighted by Crippen LogP contribution is -2.53. The van der Waals surface area contributed by atoms with E-state index in [0.29, 0.717) is 0 Å². The minimum Gasteiger partial charge on any atom is -0.343 e. The number of hydrogen-bond donors (Lipinski definition) is 0. The summed E-state index contributed by atoms with van der Waals surface area (Å²) in [5, 5.41) is 0. The Hall–Kier alpha value is -1.61. The maximum atomic E-state index is 11.5. The monoisotopic (exact) mass is 300 g/mol. The number of nitrogens with zero attached hydrogens (tertiary/aromatic N) is 2. The second kappa shape index (κ2) is 7.59. The topological polar surface area (TPSA) is 23.6 Å². The minimum atomic E-state index is 0.209. The summed E-state index contributed by atoms with van der Waals surface area (Å²) < 4.78 is 0. The Bertz CT molecular complexity index is 482. The van der Waals surface area contributed by atoms with Gasteiger partial charge in [-0.3, -0.25) is 9.69 Å². The quantitative estimate of drug-likeness (QED) is 0.727. The summed E-state index contributed by atoms with van der Waals surface area (Å²) in [7, 11) is 0. The van der Waals surface area contributed by atoms with Gasteiger partial charge < -0.3 is 4.90 Å². The molecule has 0 bridgehead atoms. The van der Waals surface area contributed by atoms with Gasteiger partial charge in [-0.15, -0.1) is 0 Å². The van der Waals surface area contributed by atoms with Crippen molar-refractivity contribution in [3.8, 4) is 0 Å². The van der Waals surface area contributed by atoms with E-state index in [-0.39, 0.29) is 11.4 Å². The maximum absolute atomic E-state index is 11.5. The molecule has 2 saturated heterocycles. The van der Waals surface area contributed by atoms with E-state index < -0.39 is 0 Å². The molecule has 1 amide bonds. The van der Waals surface area contributed by atoms with E-state index in [2.05, 4.69) is 24.1 Å². The lowest BCUT2D eigenvalue weighted by Gasteiger charge is -2.45. The van der Waals surface area contributed by atoms with Crippen LogP contribution in [0.1, 0.15) is 32.6 Å². The average molecular weight is 300 g/mol. The molecule has 0 aromatic heterocycles. The molecule has 2 aliphatic rings. The molecule has 3 heteroatoms. The van der Waals surface area contributed by atoms with Crippen molar-refractivity contribution in [1.82, 2.24) is 9.80 Å². The fourth-order valence-electron chi connectivity index (χ4n) is 3.71. The molecule has 0 atom stereocenters. The zero-order valence-electron chi connectivity index (χ0n) is 13.8. The lowest BCUT2D eigenvalue weighted by molar-refractivity contribution is -0.131. The van der Waals surface area contributed by atoms with Gasteiger partial charge in [0, 0.05) is 32.1 Å². The van der Waals surface area contributed by atoms with Crippen LogP contribution in [0.2, 0.25) is 0 Å². The number of amides is 1. The van der Waals surface area contributed by atoms with Gasteiger partial charge in [-0.25, -0.2) is 0 Å². The second-order valence-corrected chi connectivity index (χ2v) is 6.32. The van der Waals surface area contributed by atoms with E-state index in [1.54, 1.807) is 13.0 Å². The molecule has 2 rings (SSSR count). The Morgan fingerprint density at radius 3 is 2.45 bits per heavy atom. The smallest absolute Gasteiger partial charge is 0.219 e. The molecule has 22 heavy (non-hydrogen) atoms. The van der Waals surface area contributed by atoms with E-state index >= 15 is 0 Å². The van der Waals surface area contributed by atoms with E-state index in [1.165, 1.54) is 18.4 Å². The summed E-state index contributed by atoms with van der Waals surface area (Å²) in [6.07, 6.45) is 14.5. The van der Waals surface area contributed by atoms with Gasteiger partial charge in [0.1, 0.15) is 0 Å². The fourth-order valence-corrected chi connectivity index (χ4v) is 3.71. The number of rotatable bonds is 5. The van der Waals surface area contributed by atoms with Crippen LogP contribution in [0.5, 0.6) is 0 Å². The first-order valence-corrected chi connectivity index (χ1v) is 8.22. The molecule has 1 spiro atoms. The van der Waals surface area contributed by atoms with Gasteiger partial charge in [-0.05, 0) is 37.8 Å². The van der Waals surface area contributed by atoms with Crippen LogP contribution in [-0.4, -0.2) is 47.4 Å². The Kier molecular flexibility index (Phi) is 5.78. The molecule has 2 heterocycles. The molecule has 0 radical (unpaired) electrons. The molecule has 0 aromatic rings. The number of hydrogen-bond acceptors (Lipinski definition) is 2. The summed E-state index contributed by atoms with van der Waals surface area (Å²) >= 11 is 0. The Morgan fingerprint density at radius 2 is 1.86 bits per heavy atom. The Labute approximate surface area is 134 Å². The highest BCUT2D eigenvalue weighted by molar-refractivity contribution is 5.73. The molecular weight excluding hydrogens is 272 g/mol. The first-order chi connectivity index (χ1) is 10.6. The van der Waals surface area contributed by atoms with Crippen LogP contribution >= 0.6 is 0 Å². The van der Waals surface area contributed by atoms with Crippen molar-refractivity contribution in [2.75, 3.05) is 26.2 Å². The Balaban J connectivity index is 2.03. The first-order valence-electron chi connectivity index (χ1n) is 8.22. The van der Waals surface area contributed by atoms with Crippen LogP contribution in [0.25, 0.3) is 0 Å². The summed E-state index contributed by atoms with van der Waals surface area (Å²) in [4.78, 5) is 16.1. The number of carbonyl (C=O) groups excluding carboxylic acids is 1. The number of allylic oxidation sites excluding steroid dienone is 4. The molecule has 0 saturated carbocycles. The van der Waals surface area contributed by atoms with Gasteiger partial charge in [0.2, 0.25) is 5.91 Å². The van der Waals surface area contributed by atoms with Crippen LogP contribution in [0.15, 0.2) is 49.1 Å². The average Bonchev–Trinajstić information content (AvgIpc) is 2.89. The molecule has 2 aliphatic heterocycles. The fraction of sp³-hybridized carbons (Fsp3) is 0.526. The van der Waals surface area contributed by atoms with Crippen molar-refractivity contribution in [2.24, 2.45) is 0 Å². The van der Waals surface area contributed by atoms with Crippen molar-refractivity contribution in [2.45, 2.75) is 38.1 Å². The van der Waals surface area contributed by atoms with Gasteiger partial charge in [0.15, 0.2) is 0 Å². The molecule has 3 nitrogen and oxygen atoms in total. The van der Waals surface area contributed by atoms with Crippen LogP contribution in [0.4, 0.5) is 0 Å². The highest BCUT2D eigenvalue weighted by Gasteiger charge is 2.43. The highest BCUT2D eigenvalue weighted by Crippen LogP contribution is 2.38. The van der Waals surface area contributed by atoms with Crippen molar-refractivity contribution in [1.29, 1.82) is 0 Å². The van der Waals surface area contributed by atoms with Crippen molar-refractivity contribution in [3.05, 3.63) is 49.1 Å². The van der Waals surface area contributed by atoms with E-state index in [1.807, 2.05) is 23.1 Å². The molecule has 0 aromatic carbocycles. The van der Waals surface area contributed by atoms with Crippen molar-refractivity contribution >= 4 is 5.91 Å². The van der Waals surface area contributed by atoms with Gasteiger partial charge >= 0.3 is 0 Å². The van der Waals surface area contributed by atoms with E-state index in [4.69, 9.17) is 0 Å². The third kappa shape index (κ3) is 3.77. The molecular formula is C19H28N2O. The zero-order chi connectivity index (χ0) is 16.0. The highest BCUT2D eigenvalue weighted by atomic mass is 16.2.